The number of nitrogens with one attached hydrogen (secondary N) is 1. The van der Waals surface area contributed by atoms with Crippen molar-refractivity contribution in [3.8, 4) is 0 Å². The fraction of sp³-hybridized carbons (Fsp3) is 0.444. The van der Waals surface area contributed by atoms with Gasteiger partial charge in [0.1, 0.15) is 0 Å². The number of thiazole rings is 1. The molecule has 0 saturated heterocycles. The van der Waals surface area contributed by atoms with Crippen molar-refractivity contribution in [2.24, 2.45) is 5.10 Å². The number of aromatic nitrogens is 1. The molecule has 0 aliphatic rings. The molecule has 0 fully saturated rings. The Hall–Kier alpha value is -1.72. The van der Waals surface area contributed by atoms with Crippen molar-refractivity contribution in [3.63, 3.8) is 0 Å². The minimum Gasteiger partial charge on any atom is -0.299 e. The van der Waals surface area contributed by atoms with E-state index in [-0.39, 0.29) is 0 Å². The lowest BCUT2D eigenvalue weighted by atomic mass is 10.1. The fourth-order valence-corrected chi connectivity index (χ4v) is 3.07. The van der Waals surface area contributed by atoms with Gasteiger partial charge < -0.3 is 0 Å². The second-order valence-electron chi connectivity index (χ2n) is 5.68. The summed E-state index contributed by atoms with van der Waals surface area (Å²) in [5.41, 5.74) is 6.42. The molecule has 0 aliphatic carbocycles. The van der Waals surface area contributed by atoms with Crippen molar-refractivity contribution in [2.75, 3.05) is 18.5 Å². The number of aryl methyl sites for hydroxylation is 1. The van der Waals surface area contributed by atoms with E-state index < -0.39 is 0 Å². The summed E-state index contributed by atoms with van der Waals surface area (Å²) in [7, 11) is 0. The predicted octanol–water partition coefficient (Wildman–Crippen LogP) is 4.52. The molecule has 124 valence electrons. The van der Waals surface area contributed by atoms with Crippen LogP contribution < -0.4 is 5.43 Å². The third kappa shape index (κ3) is 6.12. The molecule has 0 bridgehead atoms. The molecular formula is C18H26N4S. The van der Waals surface area contributed by atoms with Crippen LogP contribution in [0.2, 0.25) is 0 Å². The lowest BCUT2D eigenvalue weighted by molar-refractivity contribution is 0.266. The molecule has 1 aromatic heterocycles. The van der Waals surface area contributed by atoms with Gasteiger partial charge in [0.25, 0.3) is 0 Å². The first-order valence-electron chi connectivity index (χ1n) is 8.23. The van der Waals surface area contributed by atoms with Crippen LogP contribution in [-0.2, 0) is 6.54 Å². The van der Waals surface area contributed by atoms with Gasteiger partial charge in [0.2, 0.25) is 5.13 Å². The minimum atomic E-state index is 0.824. The lowest BCUT2D eigenvalue weighted by Crippen LogP contribution is -2.24. The number of nitrogens with zero attached hydrogens (tertiary/aromatic N) is 3. The Balaban J connectivity index is 1.88. The van der Waals surface area contributed by atoms with Gasteiger partial charge in [-0.1, -0.05) is 38.1 Å². The van der Waals surface area contributed by atoms with E-state index in [9.17, 15) is 0 Å². The number of hydrazone groups is 1. The standard InChI is InChI=1S/C18H26N4S/c1-4-10-22(11-5-2)13-17-8-6-16(7-9-17)12-19-21-18-20-15(3)14-23-18/h6-9,12,14H,4-5,10-11,13H2,1-3H3,(H,20,21). The Bertz CT molecular complexity index is 598. The third-order valence-corrected chi connectivity index (χ3v) is 4.32. The molecule has 5 heteroatoms. The summed E-state index contributed by atoms with van der Waals surface area (Å²) in [6.45, 7) is 9.79. The average molecular weight is 331 g/mol. The molecule has 1 aromatic carbocycles. The van der Waals surface area contributed by atoms with Gasteiger partial charge in [-0.3, -0.25) is 10.3 Å². The van der Waals surface area contributed by atoms with Gasteiger partial charge in [-0.05, 0) is 44.0 Å². The van der Waals surface area contributed by atoms with Gasteiger partial charge in [-0.25, -0.2) is 4.98 Å². The van der Waals surface area contributed by atoms with E-state index in [0.717, 1.165) is 36.0 Å². The largest absolute Gasteiger partial charge is 0.299 e. The van der Waals surface area contributed by atoms with Crippen molar-refractivity contribution in [1.29, 1.82) is 0 Å². The summed E-state index contributed by atoms with van der Waals surface area (Å²) in [4.78, 5) is 6.82. The van der Waals surface area contributed by atoms with Gasteiger partial charge in [0.05, 0.1) is 11.9 Å². The van der Waals surface area contributed by atoms with Crippen LogP contribution in [0.1, 0.15) is 43.5 Å². The van der Waals surface area contributed by atoms with Crippen LogP contribution >= 0.6 is 11.3 Å². The van der Waals surface area contributed by atoms with E-state index in [1.807, 2.05) is 18.5 Å². The van der Waals surface area contributed by atoms with E-state index >= 15 is 0 Å². The summed E-state index contributed by atoms with van der Waals surface area (Å²) < 4.78 is 0. The first kappa shape index (κ1) is 17.6. The highest BCUT2D eigenvalue weighted by Gasteiger charge is 2.03. The molecule has 1 N–H and O–H groups in total. The summed E-state index contributed by atoms with van der Waals surface area (Å²) in [6.07, 6.45) is 4.23. The quantitative estimate of drug-likeness (QED) is 0.543. The van der Waals surface area contributed by atoms with Crippen molar-refractivity contribution in [3.05, 3.63) is 46.5 Å². The second-order valence-corrected chi connectivity index (χ2v) is 6.54. The van der Waals surface area contributed by atoms with Crippen LogP contribution in [0.5, 0.6) is 0 Å². The van der Waals surface area contributed by atoms with E-state index in [1.165, 1.54) is 18.4 Å². The normalized spacial score (nSPS) is 11.5. The monoisotopic (exact) mass is 330 g/mol. The van der Waals surface area contributed by atoms with E-state index in [4.69, 9.17) is 0 Å². The fourth-order valence-electron chi connectivity index (χ4n) is 2.44. The zero-order valence-electron chi connectivity index (χ0n) is 14.2. The van der Waals surface area contributed by atoms with Crippen LogP contribution in [0.4, 0.5) is 5.13 Å². The summed E-state index contributed by atoms with van der Waals surface area (Å²) in [5, 5.41) is 7.07. The van der Waals surface area contributed by atoms with Crippen molar-refractivity contribution < 1.29 is 0 Å². The first-order chi connectivity index (χ1) is 11.2. The van der Waals surface area contributed by atoms with E-state index in [0.29, 0.717) is 0 Å². The van der Waals surface area contributed by atoms with Crippen LogP contribution in [0, 0.1) is 6.92 Å². The van der Waals surface area contributed by atoms with Crippen LogP contribution in [0.25, 0.3) is 0 Å². The Kier molecular flexibility index (Phi) is 7.23. The zero-order chi connectivity index (χ0) is 16.5. The average Bonchev–Trinajstić information content (AvgIpc) is 2.95. The Morgan fingerprint density at radius 2 is 1.87 bits per heavy atom. The van der Waals surface area contributed by atoms with E-state index in [2.05, 4.69) is 58.5 Å². The van der Waals surface area contributed by atoms with Gasteiger partial charge in [0.15, 0.2) is 0 Å². The molecule has 0 spiro atoms. The smallest absolute Gasteiger partial charge is 0.203 e. The SMILES string of the molecule is CCCN(CCC)Cc1ccc(C=NNc2nc(C)cs2)cc1. The summed E-state index contributed by atoms with van der Waals surface area (Å²) in [6, 6.07) is 8.60. The number of anilines is 1. The summed E-state index contributed by atoms with van der Waals surface area (Å²) >= 11 is 1.56. The Morgan fingerprint density at radius 1 is 1.17 bits per heavy atom. The topological polar surface area (TPSA) is 40.5 Å². The van der Waals surface area contributed by atoms with Gasteiger partial charge >= 0.3 is 0 Å². The zero-order valence-corrected chi connectivity index (χ0v) is 15.1. The molecular weight excluding hydrogens is 304 g/mol. The van der Waals surface area contributed by atoms with Crippen LogP contribution in [0.15, 0.2) is 34.7 Å². The second kappa shape index (κ2) is 9.43. The lowest BCUT2D eigenvalue weighted by Gasteiger charge is -2.20. The molecule has 0 aliphatic heterocycles. The Morgan fingerprint density at radius 3 is 2.43 bits per heavy atom. The molecule has 0 unspecified atom stereocenters. The van der Waals surface area contributed by atoms with Gasteiger partial charge in [-0.2, -0.15) is 5.10 Å². The van der Waals surface area contributed by atoms with Crippen LogP contribution in [0.3, 0.4) is 0 Å². The molecule has 2 aromatic rings. The highest BCUT2D eigenvalue weighted by molar-refractivity contribution is 7.13. The maximum absolute atomic E-state index is 4.31. The Labute approximate surface area is 143 Å². The number of rotatable bonds is 9. The third-order valence-electron chi connectivity index (χ3n) is 3.46. The van der Waals surface area contributed by atoms with Crippen LogP contribution in [-0.4, -0.2) is 29.2 Å². The first-order valence-corrected chi connectivity index (χ1v) is 9.11. The highest BCUT2D eigenvalue weighted by Crippen LogP contribution is 2.14. The molecule has 0 atom stereocenters. The maximum atomic E-state index is 4.31. The molecule has 4 nitrogen and oxygen atoms in total. The number of benzene rings is 1. The molecule has 0 radical (unpaired) electrons. The molecule has 0 saturated carbocycles. The van der Waals surface area contributed by atoms with Crippen molar-refractivity contribution >= 4 is 22.7 Å². The molecule has 1 heterocycles. The van der Waals surface area contributed by atoms with Gasteiger partial charge in [0, 0.05) is 11.9 Å². The highest BCUT2D eigenvalue weighted by atomic mass is 32.1. The summed E-state index contributed by atoms with van der Waals surface area (Å²) in [5.74, 6) is 0. The van der Waals surface area contributed by atoms with Crippen molar-refractivity contribution in [2.45, 2.75) is 40.2 Å². The van der Waals surface area contributed by atoms with Gasteiger partial charge in [-0.15, -0.1) is 11.3 Å². The van der Waals surface area contributed by atoms with Crippen molar-refractivity contribution in [1.82, 2.24) is 9.88 Å². The molecule has 23 heavy (non-hydrogen) atoms. The molecule has 2 rings (SSSR count). The minimum absolute atomic E-state index is 0.824. The predicted molar refractivity (Wildman–Crippen MR) is 100 cm³/mol. The number of hydrogen-bond donors (Lipinski definition) is 1. The van der Waals surface area contributed by atoms with E-state index in [1.54, 1.807) is 11.3 Å². The number of hydrogen-bond acceptors (Lipinski definition) is 5. The maximum Gasteiger partial charge on any atom is 0.203 e. The molecule has 0 amide bonds.